The van der Waals surface area contributed by atoms with E-state index in [4.69, 9.17) is 20.0 Å². The highest BCUT2D eigenvalue weighted by Gasteiger charge is 2.28. The van der Waals surface area contributed by atoms with E-state index < -0.39 is 6.09 Å². The third-order valence-electron chi connectivity index (χ3n) is 4.59. The number of anilines is 2. The van der Waals surface area contributed by atoms with Crippen molar-refractivity contribution in [2.75, 3.05) is 30.9 Å². The van der Waals surface area contributed by atoms with Gasteiger partial charge in [0.2, 0.25) is 5.88 Å². The van der Waals surface area contributed by atoms with Crippen molar-refractivity contribution in [3.8, 4) is 11.6 Å². The number of oxime groups is 1. The van der Waals surface area contributed by atoms with Crippen LogP contribution in [0.25, 0.3) is 0 Å². The molecule has 10 heteroatoms. The Hall–Kier alpha value is -3.40. The standard InChI is InChI=1S/C21H28N6O4/c1-15(2)30-17-9-7-16(8-10-17)27(26-11-5-4-6-12-26)21(28)31-20-18(13-25-29-3)19(22)23-14-24-20/h7-10,13-15H,4-6,11-12H2,1-3H3,(H2,22,23,24). The SMILES string of the molecule is CON=Cc1c(N)ncnc1OC(=O)N(c1ccc(OC(C)C)cc1)N1CCCCC1. The lowest BCUT2D eigenvalue weighted by atomic mass is 10.1. The first kappa shape index (κ1) is 22.3. The zero-order valence-electron chi connectivity index (χ0n) is 18.0. The van der Waals surface area contributed by atoms with Crippen LogP contribution in [0.4, 0.5) is 16.3 Å². The fourth-order valence-electron chi connectivity index (χ4n) is 3.23. The maximum atomic E-state index is 13.3. The number of piperidine rings is 1. The molecule has 0 aliphatic carbocycles. The number of ether oxygens (including phenoxy) is 2. The molecule has 0 saturated carbocycles. The predicted molar refractivity (Wildman–Crippen MR) is 117 cm³/mol. The summed E-state index contributed by atoms with van der Waals surface area (Å²) < 4.78 is 11.3. The summed E-state index contributed by atoms with van der Waals surface area (Å²) in [5.41, 5.74) is 6.82. The van der Waals surface area contributed by atoms with Crippen molar-refractivity contribution >= 4 is 23.8 Å². The van der Waals surface area contributed by atoms with Gasteiger partial charge in [-0.25, -0.2) is 24.8 Å². The Kier molecular flexibility index (Phi) is 7.60. The second-order valence-electron chi connectivity index (χ2n) is 7.25. The number of aromatic nitrogens is 2. The molecule has 0 spiro atoms. The largest absolute Gasteiger partial charge is 0.491 e. The summed E-state index contributed by atoms with van der Waals surface area (Å²) >= 11 is 0. The molecule has 10 nitrogen and oxygen atoms in total. The van der Waals surface area contributed by atoms with Crippen molar-refractivity contribution in [1.82, 2.24) is 15.0 Å². The lowest BCUT2D eigenvalue weighted by molar-refractivity contribution is 0.160. The molecule has 1 aromatic carbocycles. The molecular formula is C21H28N6O4. The van der Waals surface area contributed by atoms with Crippen LogP contribution in [-0.2, 0) is 4.84 Å². The minimum atomic E-state index is -0.607. The van der Waals surface area contributed by atoms with E-state index in [9.17, 15) is 4.79 Å². The van der Waals surface area contributed by atoms with Crippen LogP contribution in [0.1, 0.15) is 38.7 Å². The number of nitrogens with zero attached hydrogens (tertiary/aromatic N) is 5. The van der Waals surface area contributed by atoms with Crippen LogP contribution in [0.3, 0.4) is 0 Å². The van der Waals surface area contributed by atoms with E-state index in [1.807, 2.05) is 43.1 Å². The van der Waals surface area contributed by atoms with Gasteiger partial charge >= 0.3 is 6.09 Å². The van der Waals surface area contributed by atoms with Crippen molar-refractivity contribution in [3.63, 3.8) is 0 Å². The van der Waals surface area contributed by atoms with Crippen molar-refractivity contribution in [1.29, 1.82) is 0 Å². The second-order valence-corrected chi connectivity index (χ2v) is 7.25. The predicted octanol–water partition coefficient (Wildman–Crippen LogP) is 3.23. The number of rotatable bonds is 7. The summed E-state index contributed by atoms with van der Waals surface area (Å²) in [5, 5.41) is 7.17. The van der Waals surface area contributed by atoms with Gasteiger partial charge in [0.15, 0.2) is 0 Å². The monoisotopic (exact) mass is 428 g/mol. The van der Waals surface area contributed by atoms with E-state index in [1.165, 1.54) is 24.7 Å². The minimum Gasteiger partial charge on any atom is -0.491 e. The lowest BCUT2D eigenvalue weighted by Crippen LogP contribution is -2.50. The quantitative estimate of drug-likeness (QED) is 0.528. The summed E-state index contributed by atoms with van der Waals surface area (Å²) in [6, 6.07) is 7.32. The molecule has 2 aromatic rings. The Bertz CT molecular complexity index is 897. The number of nitrogen functional groups attached to an aromatic ring is 1. The second kappa shape index (κ2) is 10.6. The van der Waals surface area contributed by atoms with Crippen molar-refractivity contribution in [2.24, 2.45) is 5.16 Å². The molecule has 3 rings (SSSR count). The first-order valence-corrected chi connectivity index (χ1v) is 10.2. The van der Waals surface area contributed by atoms with Crippen LogP contribution < -0.4 is 20.2 Å². The van der Waals surface area contributed by atoms with E-state index in [2.05, 4.69) is 15.1 Å². The molecular weight excluding hydrogens is 400 g/mol. The van der Waals surface area contributed by atoms with E-state index >= 15 is 0 Å². The minimum absolute atomic E-state index is 0.0000655. The third kappa shape index (κ3) is 5.82. The Morgan fingerprint density at radius 3 is 2.55 bits per heavy atom. The summed E-state index contributed by atoms with van der Waals surface area (Å²) in [6.45, 7) is 5.40. The number of carbonyl (C=O) groups excluding carboxylic acids is 1. The molecule has 1 aliphatic rings. The number of hydrogen-bond donors (Lipinski definition) is 1. The van der Waals surface area contributed by atoms with Crippen LogP contribution in [0, 0.1) is 0 Å². The van der Waals surface area contributed by atoms with Gasteiger partial charge in [0, 0.05) is 13.1 Å². The molecule has 0 unspecified atom stereocenters. The number of benzene rings is 1. The zero-order chi connectivity index (χ0) is 22.2. The van der Waals surface area contributed by atoms with Gasteiger partial charge in [-0.3, -0.25) is 0 Å². The van der Waals surface area contributed by atoms with E-state index in [-0.39, 0.29) is 23.4 Å². The Morgan fingerprint density at radius 1 is 1.19 bits per heavy atom. The van der Waals surface area contributed by atoms with Gasteiger partial charge in [-0.15, -0.1) is 0 Å². The van der Waals surface area contributed by atoms with Crippen LogP contribution in [0.15, 0.2) is 35.7 Å². The number of hydrazine groups is 1. The third-order valence-corrected chi connectivity index (χ3v) is 4.59. The summed E-state index contributed by atoms with van der Waals surface area (Å²) in [4.78, 5) is 25.9. The topological polar surface area (TPSA) is 115 Å². The maximum absolute atomic E-state index is 13.3. The van der Waals surface area contributed by atoms with Crippen molar-refractivity contribution in [2.45, 2.75) is 39.2 Å². The molecule has 0 radical (unpaired) electrons. The number of nitrogens with two attached hydrogens (primary N) is 1. The van der Waals surface area contributed by atoms with Crippen LogP contribution in [0.2, 0.25) is 0 Å². The fraction of sp³-hybridized carbons (Fsp3) is 0.429. The van der Waals surface area contributed by atoms with Gasteiger partial charge in [0.25, 0.3) is 0 Å². The molecule has 1 aliphatic heterocycles. The van der Waals surface area contributed by atoms with Gasteiger partial charge in [0.1, 0.15) is 30.6 Å². The van der Waals surface area contributed by atoms with Gasteiger partial charge in [-0.1, -0.05) is 11.6 Å². The molecule has 0 atom stereocenters. The van der Waals surface area contributed by atoms with Crippen LogP contribution >= 0.6 is 0 Å². The highest BCUT2D eigenvalue weighted by molar-refractivity contribution is 5.92. The van der Waals surface area contributed by atoms with Gasteiger partial charge in [-0.05, 0) is 51.0 Å². The Labute approximate surface area is 181 Å². The number of carbonyl (C=O) groups is 1. The van der Waals surface area contributed by atoms with E-state index in [0.29, 0.717) is 5.69 Å². The Balaban J connectivity index is 1.89. The zero-order valence-corrected chi connectivity index (χ0v) is 18.0. The van der Waals surface area contributed by atoms with Gasteiger partial charge < -0.3 is 20.0 Å². The average molecular weight is 428 g/mol. The summed E-state index contributed by atoms with van der Waals surface area (Å²) in [5.74, 6) is 0.853. The molecule has 1 amide bonds. The summed E-state index contributed by atoms with van der Waals surface area (Å²) in [7, 11) is 1.40. The molecule has 1 fully saturated rings. The molecule has 1 saturated heterocycles. The molecule has 31 heavy (non-hydrogen) atoms. The highest BCUT2D eigenvalue weighted by atomic mass is 16.6. The Morgan fingerprint density at radius 2 is 1.90 bits per heavy atom. The molecule has 2 heterocycles. The van der Waals surface area contributed by atoms with Crippen LogP contribution in [0.5, 0.6) is 11.6 Å². The van der Waals surface area contributed by atoms with E-state index in [1.54, 1.807) is 0 Å². The molecule has 2 N–H and O–H groups in total. The molecule has 0 bridgehead atoms. The summed E-state index contributed by atoms with van der Waals surface area (Å²) in [6.07, 6.45) is 5.09. The average Bonchev–Trinajstić information content (AvgIpc) is 2.75. The van der Waals surface area contributed by atoms with E-state index in [0.717, 1.165) is 38.1 Å². The number of amides is 1. The highest BCUT2D eigenvalue weighted by Crippen LogP contribution is 2.26. The smallest absolute Gasteiger partial charge is 0.436 e. The van der Waals surface area contributed by atoms with Gasteiger partial charge in [0.05, 0.1) is 18.0 Å². The molecule has 1 aromatic heterocycles. The van der Waals surface area contributed by atoms with Crippen molar-refractivity contribution in [3.05, 3.63) is 36.2 Å². The first-order chi connectivity index (χ1) is 15.0. The number of hydrogen-bond acceptors (Lipinski definition) is 9. The maximum Gasteiger partial charge on any atom is 0.436 e. The fourth-order valence-corrected chi connectivity index (χ4v) is 3.23. The lowest BCUT2D eigenvalue weighted by Gasteiger charge is -2.36. The molecule has 166 valence electrons. The van der Waals surface area contributed by atoms with Gasteiger partial charge in [-0.2, -0.15) is 0 Å². The first-order valence-electron chi connectivity index (χ1n) is 10.2. The van der Waals surface area contributed by atoms with Crippen molar-refractivity contribution < 1.29 is 19.1 Å². The van der Waals surface area contributed by atoms with Crippen LogP contribution in [-0.4, -0.2) is 53.6 Å². The normalized spacial score (nSPS) is 14.6.